The number of amides is 3. The molecule has 4 atom stereocenters. The highest BCUT2D eigenvalue weighted by molar-refractivity contribution is 9.10. The molecule has 2 aliphatic rings. The summed E-state index contributed by atoms with van der Waals surface area (Å²) in [5, 5.41) is 14.1. The molecule has 10 nitrogen and oxygen atoms in total. The second-order valence-electron chi connectivity index (χ2n) is 15.7. The van der Waals surface area contributed by atoms with Crippen molar-refractivity contribution >= 4 is 64.0 Å². The van der Waals surface area contributed by atoms with Crippen molar-refractivity contribution in [1.82, 2.24) is 4.90 Å². The number of aliphatic hydroxyl groups is 1. The molecule has 5 aromatic rings. The Morgan fingerprint density at radius 2 is 1.64 bits per heavy atom. The highest BCUT2D eigenvalue weighted by atomic mass is 79.9. The number of nitrogen functional groups attached to an aromatic ring is 1. The number of nitrogens with zero attached hydrogens (tertiary/aromatic N) is 2. The van der Waals surface area contributed by atoms with E-state index in [1.165, 1.54) is 5.19 Å². The number of ether oxygens (including phenoxy) is 2. The van der Waals surface area contributed by atoms with Crippen LogP contribution in [0.1, 0.15) is 40.4 Å². The molecule has 0 saturated carbocycles. The summed E-state index contributed by atoms with van der Waals surface area (Å²) in [6, 6.07) is 37.9. The van der Waals surface area contributed by atoms with Gasteiger partial charge in [0, 0.05) is 46.0 Å². The van der Waals surface area contributed by atoms with Crippen LogP contribution >= 0.6 is 15.9 Å². The minimum atomic E-state index is -2.53. The largest absolute Gasteiger partial charge is 0.497 e. The van der Waals surface area contributed by atoms with E-state index < -0.39 is 19.8 Å². The van der Waals surface area contributed by atoms with Crippen LogP contribution in [0.2, 0.25) is 18.6 Å². The van der Waals surface area contributed by atoms with Gasteiger partial charge in [0.25, 0.3) is 11.8 Å². The maximum Gasteiger partial charge on any atom is 0.264 e. The van der Waals surface area contributed by atoms with Crippen molar-refractivity contribution in [2.24, 2.45) is 5.92 Å². The van der Waals surface area contributed by atoms with Gasteiger partial charge in [-0.1, -0.05) is 95.7 Å². The van der Waals surface area contributed by atoms with Crippen LogP contribution in [0.5, 0.6) is 5.75 Å². The van der Waals surface area contributed by atoms with E-state index >= 15 is 4.79 Å². The molecule has 300 valence electrons. The van der Waals surface area contributed by atoms with Gasteiger partial charge in [-0.2, -0.15) is 0 Å². The summed E-state index contributed by atoms with van der Waals surface area (Å²) in [5.41, 5.74) is 9.32. The number of methoxy groups -OCH3 is 1. The van der Waals surface area contributed by atoms with Crippen LogP contribution in [0.4, 0.5) is 17.1 Å². The van der Waals surface area contributed by atoms with Gasteiger partial charge < -0.3 is 35.4 Å². The number of nitrogens with one attached hydrogen (secondary N) is 1. The maximum atomic E-state index is 15.3. The van der Waals surface area contributed by atoms with Gasteiger partial charge in [0.1, 0.15) is 5.75 Å². The van der Waals surface area contributed by atoms with E-state index in [4.69, 9.17) is 15.2 Å². The molecule has 4 N–H and O–H groups in total. The number of rotatable bonds is 13. The lowest BCUT2D eigenvalue weighted by Crippen LogP contribution is -2.52. The Labute approximate surface area is 349 Å². The van der Waals surface area contributed by atoms with E-state index in [-0.39, 0.29) is 55.3 Å². The van der Waals surface area contributed by atoms with E-state index in [0.29, 0.717) is 23.5 Å². The molecule has 0 unspecified atom stereocenters. The number of carbonyl (C=O) groups excluding carboxylic acids is 3. The zero-order valence-corrected chi connectivity index (χ0v) is 35.7. The van der Waals surface area contributed by atoms with Crippen molar-refractivity contribution < 1.29 is 29.0 Å². The Morgan fingerprint density at radius 3 is 2.29 bits per heavy atom. The quantitative estimate of drug-likeness (QED) is 0.0827. The van der Waals surface area contributed by atoms with Crippen molar-refractivity contribution in [1.29, 1.82) is 0 Å². The van der Waals surface area contributed by atoms with Gasteiger partial charge in [-0.25, -0.2) is 0 Å². The van der Waals surface area contributed by atoms with Crippen LogP contribution in [0, 0.1) is 5.92 Å². The summed E-state index contributed by atoms with van der Waals surface area (Å²) < 4.78 is 13.5. The standard InChI is InChI=1S/C46H49BrN4O6Si/c1-30-43(58(3,4)38-21-19-37(56-2)20-22-38)41(27-42(53)50(24-25-52)28-31-8-6-5-7-9-31)57-46(30)39-26-34(47)14-23-40(39)51(45(46)55)29-32-10-17-36(18-11-32)49-44(54)33-12-15-35(48)16-13-33/h5-23,26,30,41,43,52H,24-25,27-29,48H2,1-4H3,(H,49,54)/t30-,41+,43-,46+/m1/s1. The molecular weight excluding hydrogens is 813 g/mol. The van der Waals surface area contributed by atoms with Gasteiger partial charge >= 0.3 is 0 Å². The fraction of sp³-hybridized carbons (Fsp3) is 0.283. The molecule has 3 amide bonds. The number of nitrogens with two attached hydrogens (primary N) is 1. The number of hydrogen-bond acceptors (Lipinski definition) is 7. The van der Waals surface area contributed by atoms with E-state index in [9.17, 15) is 14.7 Å². The van der Waals surface area contributed by atoms with Crippen LogP contribution < -0.4 is 25.9 Å². The van der Waals surface area contributed by atoms with Crippen LogP contribution in [-0.4, -0.2) is 62.2 Å². The predicted octanol–water partition coefficient (Wildman–Crippen LogP) is 7.47. The number of anilines is 3. The second-order valence-corrected chi connectivity index (χ2v) is 21.3. The van der Waals surface area contributed by atoms with Crippen LogP contribution in [-0.2, 0) is 33.0 Å². The van der Waals surface area contributed by atoms with Gasteiger partial charge in [0.05, 0.1) is 46.5 Å². The van der Waals surface area contributed by atoms with Crippen LogP contribution in [0.15, 0.2) is 126 Å². The summed E-state index contributed by atoms with van der Waals surface area (Å²) in [4.78, 5) is 46.0. The topological polar surface area (TPSA) is 134 Å². The first kappa shape index (κ1) is 40.9. The number of benzene rings is 5. The lowest BCUT2D eigenvalue weighted by molar-refractivity contribution is -0.150. The highest BCUT2D eigenvalue weighted by Crippen LogP contribution is 2.60. The first-order valence-electron chi connectivity index (χ1n) is 19.5. The van der Waals surface area contributed by atoms with Gasteiger partial charge in [0.2, 0.25) is 5.91 Å². The summed E-state index contributed by atoms with van der Waals surface area (Å²) in [6.07, 6.45) is -0.543. The van der Waals surface area contributed by atoms with E-state index in [2.05, 4.69) is 53.4 Å². The zero-order valence-electron chi connectivity index (χ0n) is 33.2. The molecule has 2 heterocycles. The fourth-order valence-electron chi connectivity index (χ4n) is 8.87. The van der Waals surface area contributed by atoms with E-state index in [1.54, 1.807) is 41.2 Å². The van der Waals surface area contributed by atoms with Crippen molar-refractivity contribution in [3.63, 3.8) is 0 Å². The van der Waals surface area contributed by atoms with Crippen molar-refractivity contribution in [3.8, 4) is 5.75 Å². The normalized spacial score (nSPS) is 19.9. The number of aliphatic hydroxyl groups excluding tert-OH is 1. The third kappa shape index (κ3) is 7.94. The van der Waals surface area contributed by atoms with Gasteiger partial charge in [-0.15, -0.1) is 0 Å². The Balaban J connectivity index is 1.22. The van der Waals surface area contributed by atoms with Crippen LogP contribution in [0.25, 0.3) is 0 Å². The molecule has 58 heavy (non-hydrogen) atoms. The molecular formula is C46H49BrN4O6Si. The zero-order chi connectivity index (χ0) is 41.2. The lowest BCUT2D eigenvalue weighted by atomic mass is 9.82. The number of halogens is 1. The Hall–Kier alpha value is -5.27. The van der Waals surface area contributed by atoms with Crippen molar-refractivity contribution in [2.45, 2.75) is 56.8 Å². The molecule has 0 radical (unpaired) electrons. The summed E-state index contributed by atoms with van der Waals surface area (Å²) in [6.45, 7) is 7.31. The number of hydrogen-bond donors (Lipinski definition) is 3. The first-order chi connectivity index (χ1) is 27.8. The van der Waals surface area contributed by atoms with Crippen molar-refractivity contribution in [2.75, 3.05) is 36.2 Å². The minimum Gasteiger partial charge on any atom is -0.497 e. The second kappa shape index (κ2) is 16.9. The summed E-state index contributed by atoms with van der Waals surface area (Å²) in [5.74, 6) is -0.127. The SMILES string of the molecule is COc1ccc([Si](C)(C)[C@H]2[C@H](CC(=O)N(CCO)Cc3ccccc3)O[C@@]3(C(=O)N(Cc4ccc(NC(=O)c5ccc(N)cc5)cc4)c4ccc(Br)cc43)[C@@H]2C)cc1. The van der Waals surface area contributed by atoms with E-state index in [1.807, 2.05) is 84.9 Å². The Morgan fingerprint density at radius 1 is 0.948 bits per heavy atom. The first-order valence-corrected chi connectivity index (χ1v) is 23.4. The summed E-state index contributed by atoms with van der Waals surface area (Å²) in [7, 11) is -0.883. The van der Waals surface area contributed by atoms with E-state index in [0.717, 1.165) is 32.6 Å². The monoisotopic (exact) mass is 860 g/mol. The molecule has 0 aromatic heterocycles. The number of fused-ring (bicyclic) bond motifs is 2. The minimum absolute atomic E-state index is 0.0519. The molecule has 7 rings (SSSR count). The molecule has 0 aliphatic carbocycles. The highest BCUT2D eigenvalue weighted by Gasteiger charge is 2.66. The molecule has 2 aliphatic heterocycles. The average Bonchev–Trinajstić information content (AvgIpc) is 3.64. The smallest absolute Gasteiger partial charge is 0.264 e. The molecule has 1 spiro atoms. The maximum absolute atomic E-state index is 15.3. The number of carbonyl (C=O) groups is 3. The fourth-order valence-corrected chi connectivity index (χ4v) is 13.2. The Kier molecular flexibility index (Phi) is 11.9. The average molecular weight is 862 g/mol. The molecule has 1 saturated heterocycles. The van der Waals surface area contributed by atoms with Gasteiger partial charge in [-0.05, 0) is 83.4 Å². The van der Waals surface area contributed by atoms with Crippen molar-refractivity contribution in [3.05, 3.63) is 148 Å². The van der Waals surface area contributed by atoms with Crippen LogP contribution in [0.3, 0.4) is 0 Å². The molecule has 5 aromatic carbocycles. The van der Waals surface area contributed by atoms with Gasteiger partial charge in [0.15, 0.2) is 5.60 Å². The Bertz CT molecular complexity index is 2270. The third-order valence-corrected chi connectivity index (χ3v) is 16.7. The third-order valence-electron chi connectivity index (χ3n) is 11.8. The molecule has 0 bridgehead atoms. The molecule has 1 fully saturated rings. The lowest BCUT2D eigenvalue weighted by Gasteiger charge is -2.37. The van der Waals surface area contributed by atoms with Gasteiger partial charge in [-0.3, -0.25) is 14.4 Å². The predicted molar refractivity (Wildman–Crippen MR) is 234 cm³/mol. The summed E-state index contributed by atoms with van der Waals surface area (Å²) >= 11 is 3.68. The molecule has 12 heteroatoms.